The third-order valence-corrected chi connectivity index (χ3v) is 3.93. The highest BCUT2D eigenvalue weighted by atomic mass is 32.2. The first-order chi connectivity index (χ1) is 5.75. The summed E-state index contributed by atoms with van der Waals surface area (Å²) in [5, 5.41) is 0.813. The number of rotatable bonds is 4. The van der Waals surface area contributed by atoms with Crippen molar-refractivity contribution in [3.05, 3.63) is 0 Å². The van der Waals surface area contributed by atoms with Gasteiger partial charge in [-0.15, -0.1) is 0 Å². The fraction of sp³-hybridized carbons (Fsp3) is 1.00. The summed E-state index contributed by atoms with van der Waals surface area (Å²) in [6.07, 6.45) is 2.48. The lowest BCUT2D eigenvalue weighted by molar-refractivity contribution is 0.241. The summed E-state index contributed by atoms with van der Waals surface area (Å²) in [5.74, 6) is 1.33. The number of nitrogens with zero attached hydrogens (tertiary/aromatic N) is 1. The molecule has 0 radical (unpaired) electrons. The molecule has 1 heterocycles. The van der Waals surface area contributed by atoms with Crippen molar-refractivity contribution in [2.24, 2.45) is 5.73 Å². The highest BCUT2D eigenvalue weighted by molar-refractivity contribution is 8.00. The molecular formula is C9H20N2S. The van der Waals surface area contributed by atoms with Crippen LogP contribution >= 0.6 is 11.8 Å². The van der Waals surface area contributed by atoms with E-state index in [9.17, 15) is 0 Å². The minimum absolute atomic E-state index is 0.793. The zero-order valence-corrected chi connectivity index (χ0v) is 8.94. The number of nitrogens with two attached hydrogens (primary N) is 1. The van der Waals surface area contributed by atoms with Crippen LogP contribution < -0.4 is 5.73 Å². The SMILES string of the molecule is CC1SCCC1N(C)CCCN. The fourth-order valence-corrected chi connectivity index (χ4v) is 3.12. The van der Waals surface area contributed by atoms with Crippen molar-refractivity contribution in [3.8, 4) is 0 Å². The molecular weight excluding hydrogens is 168 g/mol. The van der Waals surface area contributed by atoms with Crippen molar-refractivity contribution in [2.75, 3.05) is 25.9 Å². The summed E-state index contributed by atoms with van der Waals surface area (Å²) < 4.78 is 0. The fourth-order valence-electron chi connectivity index (χ4n) is 1.81. The lowest BCUT2D eigenvalue weighted by Crippen LogP contribution is -2.36. The van der Waals surface area contributed by atoms with Gasteiger partial charge in [-0.1, -0.05) is 6.92 Å². The minimum Gasteiger partial charge on any atom is -0.330 e. The van der Waals surface area contributed by atoms with Crippen molar-refractivity contribution in [2.45, 2.75) is 31.1 Å². The predicted octanol–water partition coefficient (Wildman–Crippen LogP) is 1.16. The van der Waals surface area contributed by atoms with Gasteiger partial charge in [-0.25, -0.2) is 0 Å². The van der Waals surface area contributed by atoms with Crippen LogP contribution in [-0.4, -0.2) is 42.1 Å². The zero-order valence-electron chi connectivity index (χ0n) is 8.12. The molecule has 1 fully saturated rings. The monoisotopic (exact) mass is 188 g/mol. The molecule has 2 N–H and O–H groups in total. The van der Waals surface area contributed by atoms with Crippen LogP contribution in [0.1, 0.15) is 19.8 Å². The van der Waals surface area contributed by atoms with Crippen molar-refractivity contribution in [1.29, 1.82) is 0 Å². The van der Waals surface area contributed by atoms with Gasteiger partial charge in [0.1, 0.15) is 0 Å². The van der Waals surface area contributed by atoms with Crippen LogP contribution in [0.25, 0.3) is 0 Å². The molecule has 12 heavy (non-hydrogen) atoms. The molecule has 0 bridgehead atoms. The Balaban J connectivity index is 2.25. The maximum Gasteiger partial charge on any atom is 0.0216 e. The van der Waals surface area contributed by atoms with E-state index in [4.69, 9.17) is 5.73 Å². The lowest BCUT2D eigenvalue weighted by Gasteiger charge is -2.26. The summed E-state index contributed by atoms with van der Waals surface area (Å²) in [4.78, 5) is 2.47. The standard InChI is InChI=1S/C9H20N2S/c1-8-9(4-7-12-8)11(2)6-3-5-10/h8-9H,3-7,10H2,1-2H3. The summed E-state index contributed by atoms with van der Waals surface area (Å²) in [5.41, 5.74) is 5.48. The van der Waals surface area contributed by atoms with Crippen LogP contribution in [0.2, 0.25) is 0 Å². The smallest absolute Gasteiger partial charge is 0.0216 e. The van der Waals surface area contributed by atoms with E-state index in [1.807, 2.05) is 0 Å². The minimum atomic E-state index is 0.793. The Bertz CT molecular complexity index is 130. The summed E-state index contributed by atoms with van der Waals surface area (Å²) in [7, 11) is 2.22. The first-order valence-electron chi connectivity index (χ1n) is 4.77. The molecule has 0 aliphatic carbocycles. The van der Waals surface area contributed by atoms with E-state index in [1.165, 1.54) is 12.2 Å². The van der Waals surface area contributed by atoms with Gasteiger partial charge in [0.2, 0.25) is 0 Å². The molecule has 1 aliphatic heterocycles. The highest BCUT2D eigenvalue weighted by Crippen LogP contribution is 2.29. The topological polar surface area (TPSA) is 29.3 Å². The second kappa shape index (κ2) is 5.10. The Morgan fingerprint density at radius 3 is 2.83 bits per heavy atom. The third-order valence-electron chi connectivity index (χ3n) is 2.62. The van der Waals surface area contributed by atoms with E-state index in [1.54, 1.807) is 0 Å². The first-order valence-corrected chi connectivity index (χ1v) is 5.82. The van der Waals surface area contributed by atoms with E-state index < -0.39 is 0 Å². The largest absolute Gasteiger partial charge is 0.330 e. The molecule has 2 nitrogen and oxygen atoms in total. The van der Waals surface area contributed by atoms with Crippen molar-refractivity contribution in [1.82, 2.24) is 4.90 Å². The van der Waals surface area contributed by atoms with Crippen LogP contribution in [0.3, 0.4) is 0 Å². The highest BCUT2D eigenvalue weighted by Gasteiger charge is 2.26. The van der Waals surface area contributed by atoms with Gasteiger partial charge < -0.3 is 10.6 Å². The first kappa shape index (κ1) is 10.4. The maximum atomic E-state index is 5.48. The van der Waals surface area contributed by atoms with Crippen LogP contribution in [0.15, 0.2) is 0 Å². The van der Waals surface area contributed by atoms with Gasteiger partial charge in [0.15, 0.2) is 0 Å². The van der Waals surface area contributed by atoms with Gasteiger partial charge in [0.25, 0.3) is 0 Å². The molecule has 3 heteroatoms. The molecule has 72 valence electrons. The normalized spacial score (nSPS) is 30.0. The van der Waals surface area contributed by atoms with Gasteiger partial charge >= 0.3 is 0 Å². The second-order valence-corrected chi connectivity index (χ2v) is 5.04. The molecule has 0 aromatic rings. The quantitative estimate of drug-likeness (QED) is 0.718. The van der Waals surface area contributed by atoms with Crippen molar-refractivity contribution < 1.29 is 0 Å². The predicted molar refractivity (Wildman–Crippen MR) is 56.6 cm³/mol. The summed E-state index contributed by atoms with van der Waals surface area (Å²) in [6.45, 7) is 4.31. The zero-order chi connectivity index (χ0) is 8.97. The Morgan fingerprint density at radius 2 is 2.33 bits per heavy atom. The van der Waals surface area contributed by atoms with Crippen LogP contribution in [0.5, 0.6) is 0 Å². The van der Waals surface area contributed by atoms with Gasteiger partial charge in [-0.3, -0.25) is 0 Å². The molecule has 0 aromatic heterocycles. The van der Waals surface area contributed by atoms with Gasteiger partial charge in [0, 0.05) is 11.3 Å². The molecule has 1 saturated heterocycles. The molecule has 1 aliphatic rings. The van der Waals surface area contributed by atoms with Gasteiger partial charge in [-0.2, -0.15) is 11.8 Å². The Morgan fingerprint density at radius 1 is 1.58 bits per heavy atom. The van der Waals surface area contributed by atoms with Crippen LogP contribution in [0.4, 0.5) is 0 Å². The molecule has 1 rings (SSSR count). The Kier molecular flexibility index (Phi) is 4.40. The molecule has 2 unspecified atom stereocenters. The average molecular weight is 188 g/mol. The summed E-state index contributed by atoms with van der Waals surface area (Å²) in [6, 6.07) is 0.793. The number of hydrogen-bond donors (Lipinski definition) is 1. The van der Waals surface area contributed by atoms with Crippen molar-refractivity contribution in [3.63, 3.8) is 0 Å². The molecule has 2 atom stereocenters. The van der Waals surface area contributed by atoms with Gasteiger partial charge in [-0.05, 0) is 38.7 Å². The van der Waals surface area contributed by atoms with E-state index in [0.29, 0.717) is 0 Å². The van der Waals surface area contributed by atoms with E-state index >= 15 is 0 Å². The Hall–Kier alpha value is 0.270. The third kappa shape index (κ3) is 2.64. The van der Waals surface area contributed by atoms with E-state index in [-0.39, 0.29) is 0 Å². The van der Waals surface area contributed by atoms with E-state index in [0.717, 1.165) is 30.8 Å². The molecule has 0 amide bonds. The maximum absolute atomic E-state index is 5.48. The van der Waals surface area contributed by atoms with E-state index in [2.05, 4.69) is 30.6 Å². The van der Waals surface area contributed by atoms with Crippen LogP contribution in [-0.2, 0) is 0 Å². The molecule has 0 spiro atoms. The molecule has 0 saturated carbocycles. The van der Waals surface area contributed by atoms with Crippen LogP contribution in [0, 0.1) is 0 Å². The lowest BCUT2D eigenvalue weighted by atomic mass is 10.1. The Labute approximate surface area is 79.9 Å². The van der Waals surface area contributed by atoms with Gasteiger partial charge in [0.05, 0.1) is 0 Å². The number of hydrogen-bond acceptors (Lipinski definition) is 3. The molecule has 0 aromatic carbocycles. The average Bonchev–Trinajstić information content (AvgIpc) is 2.47. The van der Waals surface area contributed by atoms with Crippen molar-refractivity contribution >= 4 is 11.8 Å². The number of thioether (sulfide) groups is 1. The summed E-state index contributed by atoms with van der Waals surface area (Å²) >= 11 is 2.09. The second-order valence-electron chi connectivity index (χ2n) is 3.55.